The number of nitrogens with zero attached hydrogens (tertiary/aromatic N) is 1. The highest BCUT2D eigenvalue weighted by Crippen LogP contribution is 2.20. The molecule has 6 heteroatoms. The second-order valence-electron chi connectivity index (χ2n) is 6.20. The number of carbonyl (C=O) groups is 2. The molecule has 1 heterocycles. The predicted octanol–water partition coefficient (Wildman–Crippen LogP) is 1.97. The average Bonchev–Trinajstić information content (AvgIpc) is 2.70. The van der Waals surface area contributed by atoms with E-state index in [1.807, 2.05) is 36.4 Å². The maximum Gasteiger partial charge on any atom is 0.223 e. The number of rotatable bonds is 7. The second kappa shape index (κ2) is 9.20. The maximum atomic E-state index is 12.0. The molecular weight excluding hydrogens is 332 g/mol. The lowest BCUT2D eigenvalue weighted by Gasteiger charge is -2.26. The van der Waals surface area contributed by atoms with Crippen molar-refractivity contribution in [1.82, 2.24) is 10.2 Å². The van der Waals surface area contributed by atoms with E-state index < -0.39 is 0 Å². The molecule has 26 heavy (non-hydrogen) atoms. The zero-order chi connectivity index (χ0) is 18.2. The van der Waals surface area contributed by atoms with E-state index in [-0.39, 0.29) is 24.7 Å². The fourth-order valence-electron chi connectivity index (χ4n) is 2.90. The molecule has 0 radical (unpaired) electrons. The molecule has 2 aromatic rings. The van der Waals surface area contributed by atoms with Crippen LogP contribution in [0.4, 0.5) is 0 Å². The van der Waals surface area contributed by atoms with Crippen LogP contribution in [0, 0.1) is 0 Å². The first-order chi connectivity index (χ1) is 12.7. The molecule has 0 unspecified atom stereocenters. The quantitative estimate of drug-likeness (QED) is 0.770. The van der Waals surface area contributed by atoms with Gasteiger partial charge in [0.2, 0.25) is 11.8 Å². The van der Waals surface area contributed by atoms with Crippen LogP contribution in [0.3, 0.4) is 0 Å². The number of amides is 2. The molecule has 0 spiro atoms. The molecule has 0 aromatic heterocycles. The minimum Gasteiger partial charge on any atom is -0.492 e. The van der Waals surface area contributed by atoms with Gasteiger partial charge in [-0.25, -0.2) is 0 Å². The van der Waals surface area contributed by atoms with E-state index in [1.54, 1.807) is 4.90 Å². The molecule has 3 rings (SSSR count). The van der Waals surface area contributed by atoms with E-state index in [2.05, 4.69) is 11.4 Å². The Labute approximate surface area is 153 Å². The number of nitrogens with one attached hydrogen (secondary N) is 1. The molecule has 0 aliphatic carbocycles. The van der Waals surface area contributed by atoms with Crippen molar-refractivity contribution in [2.24, 2.45) is 0 Å². The Kier molecular flexibility index (Phi) is 6.44. The van der Waals surface area contributed by atoms with Crippen molar-refractivity contribution in [2.45, 2.75) is 12.8 Å². The highest BCUT2D eigenvalue weighted by atomic mass is 16.5. The SMILES string of the molecule is O=C(CCC(=O)N1CCOCC1)NCCOc1ccc2ccccc2c1. The van der Waals surface area contributed by atoms with Gasteiger partial charge in [0.25, 0.3) is 0 Å². The van der Waals surface area contributed by atoms with Gasteiger partial charge in [-0.1, -0.05) is 30.3 Å². The van der Waals surface area contributed by atoms with Crippen LogP contribution in [0.2, 0.25) is 0 Å². The Bertz CT molecular complexity index is 756. The average molecular weight is 356 g/mol. The lowest BCUT2D eigenvalue weighted by atomic mass is 10.1. The molecule has 1 fully saturated rings. The van der Waals surface area contributed by atoms with Gasteiger partial charge in [0.15, 0.2) is 0 Å². The van der Waals surface area contributed by atoms with E-state index in [4.69, 9.17) is 9.47 Å². The first-order valence-electron chi connectivity index (χ1n) is 8.96. The van der Waals surface area contributed by atoms with Gasteiger partial charge >= 0.3 is 0 Å². The van der Waals surface area contributed by atoms with Gasteiger partial charge in [-0.2, -0.15) is 0 Å². The fraction of sp³-hybridized carbons (Fsp3) is 0.400. The van der Waals surface area contributed by atoms with Gasteiger partial charge in [-0.3, -0.25) is 9.59 Å². The van der Waals surface area contributed by atoms with Crippen molar-refractivity contribution in [3.05, 3.63) is 42.5 Å². The number of benzene rings is 2. The maximum absolute atomic E-state index is 12.0. The first kappa shape index (κ1) is 18.2. The molecule has 2 aromatic carbocycles. The van der Waals surface area contributed by atoms with Crippen molar-refractivity contribution in [2.75, 3.05) is 39.5 Å². The fourth-order valence-corrected chi connectivity index (χ4v) is 2.90. The molecule has 138 valence electrons. The van der Waals surface area contributed by atoms with Crippen molar-refractivity contribution >= 4 is 22.6 Å². The summed E-state index contributed by atoms with van der Waals surface area (Å²) >= 11 is 0. The summed E-state index contributed by atoms with van der Waals surface area (Å²) in [6.07, 6.45) is 0.434. The van der Waals surface area contributed by atoms with Gasteiger partial charge in [-0.15, -0.1) is 0 Å². The Morgan fingerprint density at radius 2 is 1.81 bits per heavy atom. The van der Waals surface area contributed by atoms with Gasteiger partial charge in [0.1, 0.15) is 12.4 Å². The normalized spacial score (nSPS) is 14.2. The molecule has 6 nitrogen and oxygen atoms in total. The smallest absolute Gasteiger partial charge is 0.223 e. The van der Waals surface area contributed by atoms with Gasteiger partial charge in [0, 0.05) is 25.9 Å². The zero-order valence-electron chi connectivity index (χ0n) is 14.8. The van der Waals surface area contributed by atoms with Gasteiger partial charge in [-0.05, 0) is 22.9 Å². The molecule has 0 bridgehead atoms. The molecule has 1 aliphatic heterocycles. The Hall–Kier alpha value is -2.60. The molecule has 2 amide bonds. The standard InChI is InChI=1S/C20H24N2O4/c23-19(7-8-20(24)22-10-13-25-14-11-22)21-9-12-26-18-6-5-16-3-1-2-4-17(16)15-18/h1-6,15H,7-14H2,(H,21,23). The highest BCUT2D eigenvalue weighted by Gasteiger charge is 2.17. The lowest BCUT2D eigenvalue weighted by Crippen LogP contribution is -2.41. The largest absolute Gasteiger partial charge is 0.492 e. The number of fused-ring (bicyclic) bond motifs is 1. The third-order valence-electron chi connectivity index (χ3n) is 4.34. The Morgan fingerprint density at radius 1 is 1.04 bits per heavy atom. The minimum absolute atomic E-state index is 0.0101. The predicted molar refractivity (Wildman–Crippen MR) is 99.1 cm³/mol. The van der Waals surface area contributed by atoms with Crippen LogP contribution in [0.25, 0.3) is 10.8 Å². The molecule has 1 N–H and O–H groups in total. The number of carbonyl (C=O) groups excluding carboxylic acids is 2. The zero-order valence-corrected chi connectivity index (χ0v) is 14.8. The van der Waals surface area contributed by atoms with Crippen LogP contribution >= 0.6 is 0 Å². The van der Waals surface area contributed by atoms with Crippen molar-refractivity contribution in [1.29, 1.82) is 0 Å². The van der Waals surface area contributed by atoms with Crippen LogP contribution in [-0.4, -0.2) is 56.2 Å². The molecule has 0 atom stereocenters. The topological polar surface area (TPSA) is 67.9 Å². The first-order valence-corrected chi connectivity index (χ1v) is 8.96. The summed E-state index contributed by atoms with van der Waals surface area (Å²) < 4.78 is 10.9. The summed E-state index contributed by atoms with van der Waals surface area (Å²) in [6, 6.07) is 14.0. The number of morpholine rings is 1. The van der Waals surface area contributed by atoms with E-state index in [1.165, 1.54) is 0 Å². The number of hydrogen-bond donors (Lipinski definition) is 1. The second-order valence-corrected chi connectivity index (χ2v) is 6.20. The van der Waals surface area contributed by atoms with E-state index in [9.17, 15) is 9.59 Å². The van der Waals surface area contributed by atoms with Crippen molar-refractivity contribution in [3.63, 3.8) is 0 Å². The summed E-state index contributed by atoms with van der Waals surface area (Å²) in [5.74, 6) is 0.657. The van der Waals surface area contributed by atoms with Crippen LogP contribution in [0.1, 0.15) is 12.8 Å². The summed E-state index contributed by atoms with van der Waals surface area (Å²) in [4.78, 5) is 25.6. The molecule has 1 saturated heterocycles. The van der Waals surface area contributed by atoms with Gasteiger partial charge in [0.05, 0.1) is 19.8 Å². The van der Waals surface area contributed by atoms with Gasteiger partial charge < -0.3 is 19.7 Å². The molecule has 1 aliphatic rings. The summed E-state index contributed by atoms with van der Waals surface area (Å²) in [5.41, 5.74) is 0. The Balaban J connectivity index is 1.33. The van der Waals surface area contributed by atoms with Crippen LogP contribution < -0.4 is 10.1 Å². The lowest BCUT2D eigenvalue weighted by molar-refractivity contribution is -0.137. The van der Waals surface area contributed by atoms with Crippen molar-refractivity contribution in [3.8, 4) is 5.75 Å². The van der Waals surface area contributed by atoms with E-state index in [0.717, 1.165) is 16.5 Å². The summed E-state index contributed by atoms with van der Waals surface area (Å²) in [5, 5.41) is 5.07. The minimum atomic E-state index is -0.131. The third kappa shape index (κ3) is 5.20. The summed E-state index contributed by atoms with van der Waals surface area (Å²) in [7, 11) is 0. The van der Waals surface area contributed by atoms with Crippen molar-refractivity contribution < 1.29 is 19.1 Å². The third-order valence-corrected chi connectivity index (χ3v) is 4.34. The number of hydrogen-bond acceptors (Lipinski definition) is 4. The van der Waals surface area contributed by atoms with E-state index in [0.29, 0.717) is 39.5 Å². The molecule has 0 saturated carbocycles. The highest BCUT2D eigenvalue weighted by molar-refractivity contribution is 5.84. The van der Waals surface area contributed by atoms with Crippen LogP contribution in [0.15, 0.2) is 42.5 Å². The summed E-state index contributed by atoms with van der Waals surface area (Å²) in [6.45, 7) is 3.17. The molecular formula is C20H24N2O4. The Morgan fingerprint density at radius 3 is 2.62 bits per heavy atom. The monoisotopic (exact) mass is 356 g/mol. The number of ether oxygens (including phenoxy) is 2. The van der Waals surface area contributed by atoms with E-state index >= 15 is 0 Å². The van der Waals surface area contributed by atoms with Crippen LogP contribution in [0.5, 0.6) is 5.75 Å². The van der Waals surface area contributed by atoms with Crippen LogP contribution in [-0.2, 0) is 14.3 Å².